The van der Waals surface area contributed by atoms with E-state index in [4.69, 9.17) is 21.4 Å². The number of ether oxygens (including phenoxy) is 1. The molecule has 38 heavy (non-hydrogen) atoms. The van der Waals surface area contributed by atoms with Crippen molar-refractivity contribution < 1.29 is 33.3 Å². The lowest BCUT2D eigenvalue weighted by Crippen LogP contribution is -2.47. The van der Waals surface area contributed by atoms with Gasteiger partial charge in [-0.15, -0.1) is 0 Å². The highest BCUT2D eigenvalue weighted by Gasteiger charge is 2.24. The third-order valence-electron chi connectivity index (χ3n) is 6.13. The van der Waals surface area contributed by atoms with Crippen LogP contribution in [0.3, 0.4) is 0 Å². The zero-order valence-corrected chi connectivity index (χ0v) is 22.4. The van der Waals surface area contributed by atoms with Gasteiger partial charge in [0.15, 0.2) is 5.56 Å². The highest BCUT2D eigenvalue weighted by atomic mass is 35.5. The van der Waals surface area contributed by atoms with E-state index in [-0.39, 0.29) is 22.5 Å². The number of piperazine rings is 1. The predicted octanol–water partition coefficient (Wildman–Crippen LogP) is 3.64. The number of aliphatic hydroxyl groups excluding tert-OH is 1. The Morgan fingerprint density at radius 1 is 1.05 bits per heavy atom. The summed E-state index contributed by atoms with van der Waals surface area (Å²) in [5.41, 5.74) is -0.830. The number of aromatic carboxylic acids is 1. The molecule has 0 aliphatic carbocycles. The molecule has 1 aliphatic rings. The van der Waals surface area contributed by atoms with E-state index in [0.29, 0.717) is 18.1 Å². The molecule has 2 heterocycles. The number of anilines is 1. The molecule has 0 saturated carbocycles. The van der Waals surface area contributed by atoms with Crippen LogP contribution < -0.4 is 15.4 Å². The van der Waals surface area contributed by atoms with E-state index in [1.165, 1.54) is 0 Å². The van der Waals surface area contributed by atoms with Gasteiger partial charge in [-0.2, -0.15) is 4.37 Å². The van der Waals surface area contributed by atoms with Gasteiger partial charge < -0.3 is 25.2 Å². The number of halogens is 3. The summed E-state index contributed by atoms with van der Waals surface area (Å²) < 4.78 is 37.1. The van der Waals surface area contributed by atoms with Crippen LogP contribution in [-0.4, -0.2) is 88.8 Å². The monoisotopic (exact) mass is 575 g/mol. The van der Waals surface area contributed by atoms with Gasteiger partial charge in [-0.25, -0.2) is 18.4 Å². The molecule has 1 aromatic heterocycles. The van der Waals surface area contributed by atoms with Crippen molar-refractivity contribution in [3.8, 4) is 5.88 Å². The second kappa shape index (κ2) is 15.1. The minimum absolute atomic E-state index is 0.0545. The van der Waals surface area contributed by atoms with Gasteiger partial charge in [-0.1, -0.05) is 24.4 Å². The highest BCUT2D eigenvalue weighted by Crippen LogP contribution is 2.31. The van der Waals surface area contributed by atoms with Gasteiger partial charge >= 0.3 is 12.0 Å². The van der Waals surface area contributed by atoms with Crippen molar-refractivity contribution in [3.05, 3.63) is 39.9 Å². The molecule has 3 rings (SSSR count). The number of aromatic nitrogens is 1. The number of carboxylic acid groups (broad SMARTS) is 1. The molecular formula is C24H32ClF2N5O5S. The maximum atomic E-state index is 14.0. The fourth-order valence-electron chi connectivity index (χ4n) is 4.04. The standard InChI is InChI=1S/C24H32ClF2N5O5S/c25-16-13-18(26)17(19(27)14-16)15-37-21-20(23(34)35)22(38-30-21)29-24(36)28-5-3-1-2-4-6-31-7-9-32(10-8-31)11-12-33/h13-14,33H,1-12,15H2,(H,34,35)(H2,28,29,36). The van der Waals surface area contributed by atoms with Crippen LogP contribution in [0.15, 0.2) is 12.1 Å². The maximum Gasteiger partial charge on any atom is 0.344 e. The molecule has 1 aromatic carbocycles. The zero-order chi connectivity index (χ0) is 27.5. The fourth-order valence-corrected chi connectivity index (χ4v) is 4.95. The first kappa shape index (κ1) is 30.0. The van der Waals surface area contributed by atoms with E-state index in [9.17, 15) is 23.5 Å². The Morgan fingerprint density at radius 3 is 2.32 bits per heavy atom. The van der Waals surface area contributed by atoms with Crippen LogP contribution in [0.25, 0.3) is 0 Å². The van der Waals surface area contributed by atoms with E-state index < -0.39 is 41.4 Å². The zero-order valence-electron chi connectivity index (χ0n) is 20.9. The molecular weight excluding hydrogens is 544 g/mol. The number of nitrogens with one attached hydrogen (secondary N) is 2. The van der Waals surface area contributed by atoms with Crippen LogP contribution in [0.4, 0.5) is 18.6 Å². The normalized spacial score (nSPS) is 14.4. The summed E-state index contributed by atoms with van der Waals surface area (Å²) in [4.78, 5) is 28.7. The van der Waals surface area contributed by atoms with Gasteiger partial charge in [0.1, 0.15) is 23.2 Å². The summed E-state index contributed by atoms with van der Waals surface area (Å²) in [6.07, 6.45) is 3.83. The molecule has 0 unspecified atom stereocenters. The molecule has 4 N–H and O–H groups in total. The van der Waals surface area contributed by atoms with Crippen molar-refractivity contribution in [3.63, 3.8) is 0 Å². The number of amides is 2. The molecule has 0 radical (unpaired) electrons. The molecule has 1 saturated heterocycles. The van der Waals surface area contributed by atoms with Crippen LogP contribution in [-0.2, 0) is 6.61 Å². The number of hydrogen-bond acceptors (Lipinski definition) is 8. The SMILES string of the molecule is O=C(NCCCCCCN1CCN(CCO)CC1)Nc1snc(OCc2c(F)cc(Cl)cc2F)c1C(=O)O. The number of carbonyl (C=O) groups is 2. The van der Waals surface area contributed by atoms with Gasteiger partial charge in [0.05, 0.1) is 12.2 Å². The number of hydrogen-bond donors (Lipinski definition) is 4. The van der Waals surface area contributed by atoms with Crippen LogP contribution >= 0.6 is 23.1 Å². The van der Waals surface area contributed by atoms with E-state index in [1.807, 2.05) is 0 Å². The van der Waals surface area contributed by atoms with Crippen molar-refractivity contribution >= 4 is 40.1 Å². The largest absolute Gasteiger partial charge is 0.477 e. The number of β-amino-alcohol motifs (C(OH)–C–C–N with tert-alkyl or cyclic N) is 1. The Kier molecular flexibility index (Phi) is 11.9. The molecule has 2 amide bonds. The summed E-state index contributed by atoms with van der Waals surface area (Å²) in [6, 6.07) is 1.25. The summed E-state index contributed by atoms with van der Waals surface area (Å²) in [5.74, 6) is -3.63. The minimum Gasteiger partial charge on any atom is -0.477 e. The quantitative estimate of drug-likeness (QED) is 0.251. The molecule has 2 aromatic rings. The molecule has 0 spiro atoms. The van der Waals surface area contributed by atoms with Gasteiger partial charge in [0.25, 0.3) is 0 Å². The Labute approximate surface area is 228 Å². The number of carboxylic acids is 1. The van der Waals surface area contributed by atoms with Crippen LogP contribution in [0.2, 0.25) is 5.02 Å². The number of urea groups is 1. The third kappa shape index (κ3) is 9.02. The van der Waals surface area contributed by atoms with Crippen molar-refractivity contribution in [2.24, 2.45) is 0 Å². The van der Waals surface area contributed by atoms with Crippen molar-refractivity contribution in [1.82, 2.24) is 19.5 Å². The highest BCUT2D eigenvalue weighted by molar-refractivity contribution is 7.11. The van der Waals surface area contributed by atoms with Crippen molar-refractivity contribution in [1.29, 1.82) is 0 Å². The Balaban J connectivity index is 1.36. The van der Waals surface area contributed by atoms with E-state index in [2.05, 4.69) is 24.8 Å². The van der Waals surface area contributed by atoms with Gasteiger partial charge in [-0.05, 0) is 43.1 Å². The Bertz CT molecular complexity index is 1060. The first-order chi connectivity index (χ1) is 18.3. The van der Waals surface area contributed by atoms with Crippen molar-refractivity contribution in [2.45, 2.75) is 32.3 Å². The van der Waals surface area contributed by atoms with Crippen LogP contribution in [0, 0.1) is 11.6 Å². The predicted molar refractivity (Wildman–Crippen MR) is 140 cm³/mol. The molecule has 1 fully saturated rings. The Morgan fingerprint density at radius 2 is 1.68 bits per heavy atom. The summed E-state index contributed by atoms with van der Waals surface area (Å²) >= 11 is 6.29. The average molecular weight is 576 g/mol. The summed E-state index contributed by atoms with van der Waals surface area (Å²) in [7, 11) is 0. The van der Waals surface area contributed by atoms with Crippen LogP contribution in [0.5, 0.6) is 5.88 Å². The lowest BCUT2D eigenvalue weighted by Gasteiger charge is -2.34. The van der Waals surface area contributed by atoms with Gasteiger partial charge in [0.2, 0.25) is 5.88 Å². The van der Waals surface area contributed by atoms with E-state index in [0.717, 1.165) is 77.1 Å². The smallest absolute Gasteiger partial charge is 0.344 e. The number of aliphatic hydroxyl groups is 1. The summed E-state index contributed by atoms with van der Waals surface area (Å²) in [6.45, 7) is 5.77. The molecule has 0 bridgehead atoms. The fraction of sp³-hybridized carbons (Fsp3) is 0.542. The lowest BCUT2D eigenvalue weighted by molar-refractivity contribution is 0.0693. The number of benzene rings is 1. The molecule has 10 nitrogen and oxygen atoms in total. The molecule has 210 valence electrons. The number of carbonyl (C=O) groups excluding carboxylic acids is 1. The first-order valence-corrected chi connectivity index (χ1v) is 13.5. The van der Waals surface area contributed by atoms with E-state index >= 15 is 0 Å². The topological polar surface area (TPSA) is 127 Å². The summed E-state index contributed by atoms with van der Waals surface area (Å²) in [5, 5.41) is 23.5. The van der Waals surface area contributed by atoms with Gasteiger partial charge in [-0.3, -0.25) is 10.2 Å². The van der Waals surface area contributed by atoms with E-state index in [1.54, 1.807) is 0 Å². The minimum atomic E-state index is -1.41. The number of rotatable bonds is 14. The maximum absolute atomic E-state index is 14.0. The third-order valence-corrected chi connectivity index (χ3v) is 7.09. The second-order valence-corrected chi connectivity index (χ2v) is 10.0. The lowest BCUT2D eigenvalue weighted by atomic mass is 10.2. The molecule has 1 aliphatic heterocycles. The first-order valence-electron chi connectivity index (χ1n) is 12.4. The molecule has 14 heteroatoms. The van der Waals surface area contributed by atoms with Crippen molar-refractivity contribution in [2.75, 3.05) is 57.7 Å². The van der Waals surface area contributed by atoms with Gasteiger partial charge in [0, 0.05) is 44.3 Å². The number of nitrogens with zero attached hydrogens (tertiary/aromatic N) is 3. The van der Waals surface area contributed by atoms with Crippen LogP contribution in [0.1, 0.15) is 41.6 Å². The second-order valence-electron chi connectivity index (χ2n) is 8.84. The average Bonchev–Trinajstić information content (AvgIpc) is 3.26. The molecule has 0 atom stereocenters. The number of unbranched alkanes of at least 4 members (excludes halogenated alkanes) is 3. The Hall–Kier alpha value is -2.58.